The van der Waals surface area contributed by atoms with Gasteiger partial charge in [0.2, 0.25) is 5.89 Å². The molecule has 0 saturated carbocycles. The zero-order valence-corrected chi connectivity index (χ0v) is 13.8. The molecule has 1 aromatic carbocycles. The Hall–Kier alpha value is -3.09. The average molecular weight is 326 g/mol. The van der Waals surface area contributed by atoms with E-state index < -0.39 is 11.1 Å². The summed E-state index contributed by atoms with van der Waals surface area (Å²) in [5.74, 6) is 1.12. The highest BCUT2D eigenvalue weighted by Gasteiger charge is 2.14. The molecule has 0 spiro atoms. The topological polar surface area (TPSA) is 73.3 Å². The van der Waals surface area contributed by atoms with Crippen molar-refractivity contribution in [3.8, 4) is 11.5 Å². The van der Waals surface area contributed by atoms with Gasteiger partial charge >= 0.3 is 11.1 Å². The molecule has 0 fully saturated rings. The summed E-state index contributed by atoms with van der Waals surface area (Å²) in [5.41, 5.74) is 0.280. The van der Waals surface area contributed by atoms with E-state index in [9.17, 15) is 9.59 Å². The zero-order valence-electron chi connectivity index (χ0n) is 13.8. The fraction of sp³-hybridized carbons (Fsp3) is 0.235. The highest BCUT2D eigenvalue weighted by atomic mass is 16.4. The molecule has 0 unspecified atom stereocenters. The van der Waals surface area contributed by atoms with Crippen LogP contribution in [0.3, 0.4) is 0 Å². The van der Waals surface area contributed by atoms with Gasteiger partial charge in [0.1, 0.15) is 11.5 Å². The summed E-state index contributed by atoms with van der Waals surface area (Å²) in [5, 5.41) is 1.54. The summed E-state index contributed by atoms with van der Waals surface area (Å²) in [6.07, 6.45) is 3.12. The van der Waals surface area contributed by atoms with E-state index in [1.54, 1.807) is 38.4 Å². The number of rotatable bonds is 4. The quantitative estimate of drug-likeness (QED) is 0.674. The molecular weight excluding hydrogens is 308 g/mol. The zero-order chi connectivity index (χ0) is 17.3. The van der Waals surface area contributed by atoms with Gasteiger partial charge in [0.15, 0.2) is 0 Å². The molecule has 3 aromatic rings. The number of hydrogen-bond acceptors (Lipinski definition) is 5. The first kappa shape index (κ1) is 15.8. The summed E-state index contributed by atoms with van der Waals surface area (Å²) in [6, 6.07) is 9.53. The minimum atomic E-state index is -0.605. The van der Waals surface area contributed by atoms with Crippen LogP contribution < -0.4 is 16.1 Å². The second-order valence-electron chi connectivity index (χ2n) is 5.62. The van der Waals surface area contributed by atoms with Gasteiger partial charge in [-0.25, -0.2) is 9.66 Å². The predicted molar refractivity (Wildman–Crippen MR) is 90.8 cm³/mol. The fourth-order valence-corrected chi connectivity index (χ4v) is 2.38. The van der Waals surface area contributed by atoms with E-state index in [-0.39, 0.29) is 6.54 Å². The third kappa shape index (κ3) is 2.88. The van der Waals surface area contributed by atoms with Crippen molar-refractivity contribution >= 4 is 0 Å². The van der Waals surface area contributed by atoms with Crippen LogP contribution in [0.25, 0.3) is 11.5 Å². The van der Waals surface area contributed by atoms with Gasteiger partial charge in [-0.1, -0.05) is 18.2 Å². The third-order valence-corrected chi connectivity index (χ3v) is 3.70. The molecule has 0 N–H and O–H groups in total. The Morgan fingerprint density at radius 1 is 1.08 bits per heavy atom. The highest BCUT2D eigenvalue weighted by molar-refractivity contribution is 5.53. The molecule has 0 aliphatic heterocycles. The summed E-state index contributed by atoms with van der Waals surface area (Å²) in [6.45, 7) is 1.98. The van der Waals surface area contributed by atoms with Gasteiger partial charge in [0.05, 0.1) is 6.54 Å². The van der Waals surface area contributed by atoms with Crippen LogP contribution in [0.5, 0.6) is 0 Å². The van der Waals surface area contributed by atoms with Crippen molar-refractivity contribution in [3.05, 3.63) is 74.9 Å². The van der Waals surface area contributed by atoms with Gasteiger partial charge < -0.3 is 14.0 Å². The van der Waals surface area contributed by atoms with E-state index in [1.165, 1.54) is 9.24 Å². The van der Waals surface area contributed by atoms with Crippen LogP contribution in [0, 0.1) is 6.92 Å². The molecule has 7 nitrogen and oxygen atoms in total. The SMILES string of the molecule is Cc1oc(-c2ccccc2)nc1Cn1ccn(N(C)C)c(=O)c1=O. The van der Waals surface area contributed by atoms with Gasteiger partial charge in [-0.05, 0) is 19.1 Å². The molecule has 2 heterocycles. The van der Waals surface area contributed by atoms with E-state index in [0.29, 0.717) is 17.3 Å². The maximum Gasteiger partial charge on any atom is 0.334 e. The van der Waals surface area contributed by atoms with Crippen molar-refractivity contribution in [2.45, 2.75) is 13.5 Å². The Balaban J connectivity index is 1.96. The average Bonchev–Trinajstić information content (AvgIpc) is 2.93. The van der Waals surface area contributed by atoms with Crippen molar-refractivity contribution in [3.63, 3.8) is 0 Å². The van der Waals surface area contributed by atoms with Crippen LogP contribution in [-0.4, -0.2) is 28.3 Å². The molecular formula is C17H18N4O3. The molecule has 124 valence electrons. The maximum absolute atomic E-state index is 12.2. The lowest BCUT2D eigenvalue weighted by Gasteiger charge is -2.15. The molecule has 7 heteroatoms. The monoisotopic (exact) mass is 326 g/mol. The van der Waals surface area contributed by atoms with Gasteiger partial charge in [-0.2, -0.15) is 0 Å². The van der Waals surface area contributed by atoms with E-state index in [2.05, 4.69) is 4.98 Å². The van der Waals surface area contributed by atoms with E-state index >= 15 is 0 Å². The number of benzene rings is 1. The lowest BCUT2D eigenvalue weighted by molar-refractivity contribution is 0.536. The van der Waals surface area contributed by atoms with Crippen LogP contribution in [-0.2, 0) is 6.54 Å². The Bertz CT molecular complexity index is 967. The number of oxazole rings is 1. The van der Waals surface area contributed by atoms with Crippen molar-refractivity contribution in [2.75, 3.05) is 19.1 Å². The van der Waals surface area contributed by atoms with Gasteiger partial charge in [-0.3, -0.25) is 9.59 Å². The maximum atomic E-state index is 12.2. The molecule has 2 aromatic heterocycles. The number of aryl methyl sites for hydroxylation is 1. The van der Waals surface area contributed by atoms with E-state index in [4.69, 9.17) is 4.42 Å². The smallest absolute Gasteiger partial charge is 0.334 e. The first-order valence-corrected chi connectivity index (χ1v) is 7.49. The highest BCUT2D eigenvalue weighted by Crippen LogP contribution is 2.21. The standard InChI is InChI=1S/C17H18N4O3/c1-12-14(18-15(24-12)13-7-5-4-6-8-13)11-20-9-10-21(19(2)3)17(23)16(20)22/h4-10H,11H2,1-3H3. The summed E-state index contributed by atoms with van der Waals surface area (Å²) in [7, 11) is 3.39. The molecule has 3 rings (SSSR count). The Morgan fingerprint density at radius 2 is 1.79 bits per heavy atom. The van der Waals surface area contributed by atoms with Crippen molar-refractivity contribution in [1.82, 2.24) is 14.2 Å². The number of nitrogens with zero attached hydrogens (tertiary/aromatic N) is 4. The normalized spacial score (nSPS) is 10.8. The van der Waals surface area contributed by atoms with E-state index in [0.717, 1.165) is 5.56 Å². The summed E-state index contributed by atoms with van der Waals surface area (Å²) >= 11 is 0. The Labute approximate surface area is 138 Å². The van der Waals surface area contributed by atoms with Gasteiger partial charge in [0, 0.05) is 32.1 Å². The fourth-order valence-electron chi connectivity index (χ4n) is 2.38. The first-order valence-electron chi connectivity index (χ1n) is 7.49. The third-order valence-electron chi connectivity index (χ3n) is 3.70. The molecule has 0 radical (unpaired) electrons. The van der Waals surface area contributed by atoms with Gasteiger partial charge in [0.25, 0.3) is 0 Å². The molecule has 0 bridgehead atoms. The molecule has 0 aliphatic carbocycles. The minimum Gasteiger partial charge on any atom is -0.441 e. The van der Waals surface area contributed by atoms with Crippen LogP contribution in [0.2, 0.25) is 0 Å². The largest absolute Gasteiger partial charge is 0.441 e. The van der Waals surface area contributed by atoms with Crippen molar-refractivity contribution < 1.29 is 4.42 Å². The molecule has 0 atom stereocenters. The predicted octanol–water partition coefficient (Wildman–Crippen LogP) is 1.22. The number of hydrogen-bond donors (Lipinski definition) is 0. The van der Waals surface area contributed by atoms with Gasteiger partial charge in [-0.15, -0.1) is 0 Å². The summed E-state index contributed by atoms with van der Waals surface area (Å²) in [4.78, 5) is 28.8. The van der Waals surface area contributed by atoms with Crippen LogP contribution in [0.1, 0.15) is 11.5 Å². The molecule has 0 amide bonds. The second-order valence-corrected chi connectivity index (χ2v) is 5.62. The molecule has 0 saturated heterocycles. The van der Waals surface area contributed by atoms with E-state index in [1.807, 2.05) is 30.3 Å². The lowest BCUT2D eigenvalue weighted by atomic mass is 10.2. The second kappa shape index (κ2) is 6.19. The molecule has 0 aliphatic rings. The minimum absolute atomic E-state index is 0.185. The van der Waals surface area contributed by atoms with Crippen LogP contribution >= 0.6 is 0 Å². The Morgan fingerprint density at radius 3 is 2.46 bits per heavy atom. The molecule has 24 heavy (non-hydrogen) atoms. The van der Waals surface area contributed by atoms with Crippen molar-refractivity contribution in [1.29, 1.82) is 0 Å². The Kier molecular flexibility index (Phi) is 4.07. The number of aromatic nitrogens is 3. The summed E-state index contributed by atoms with van der Waals surface area (Å²) < 4.78 is 8.28. The van der Waals surface area contributed by atoms with Crippen molar-refractivity contribution in [2.24, 2.45) is 0 Å². The van der Waals surface area contributed by atoms with Crippen LogP contribution in [0.15, 0.2) is 56.7 Å². The first-order chi connectivity index (χ1) is 11.5. The van der Waals surface area contributed by atoms with Crippen LogP contribution in [0.4, 0.5) is 0 Å². The lowest BCUT2D eigenvalue weighted by Crippen LogP contribution is -2.47.